The molecule has 1 aliphatic heterocycles. The highest BCUT2D eigenvalue weighted by Gasteiger charge is 2.33. The van der Waals surface area contributed by atoms with Gasteiger partial charge in [0, 0.05) is 37.6 Å². The van der Waals surface area contributed by atoms with E-state index in [1.54, 1.807) is 16.2 Å². The van der Waals surface area contributed by atoms with Crippen molar-refractivity contribution in [3.05, 3.63) is 57.3 Å². The summed E-state index contributed by atoms with van der Waals surface area (Å²) in [4.78, 5) is 30.9. The molecule has 162 valence electrons. The minimum absolute atomic E-state index is 0.00985. The van der Waals surface area contributed by atoms with Crippen molar-refractivity contribution in [1.82, 2.24) is 9.80 Å². The molecule has 2 aromatic rings. The van der Waals surface area contributed by atoms with Gasteiger partial charge in [-0.3, -0.25) is 9.59 Å². The van der Waals surface area contributed by atoms with Crippen LogP contribution in [0.15, 0.2) is 35.7 Å². The number of thiophene rings is 1. The predicted octanol–water partition coefficient (Wildman–Crippen LogP) is 4.20. The molecule has 3 rings (SSSR count). The lowest BCUT2D eigenvalue weighted by atomic mass is 9.92. The first-order valence-corrected chi connectivity index (χ1v) is 11.7. The van der Waals surface area contributed by atoms with Gasteiger partial charge in [-0.25, -0.2) is 0 Å². The molecular weight excluding hydrogens is 396 g/mol. The van der Waals surface area contributed by atoms with Gasteiger partial charge < -0.3 is 14.5 Å². The van der Waals surface area contributed by atoms with Crippen LogP contribution in [0.5, 0.6) is 0 Å². The molecule has 0 spiro atoms. The lowest BCUT2D eigenvalue weighted by Crippen LogP contribution is -2.47. The number of benzene rings is 1. The van der Waals surface area contributed by atoms with E-state index in [-0.39, 0.29) is 24.4 Å². The van der Waals surface area contributed by atoms with E-state index in [9.17, 15) is 9.59 Å². The van der Waals surface area contributed by atoms with E-state index in [0.717, 1.165) is 18.4 Å². The Labute approximate surface area is 183 Å². The van der Waals surface area contributed by atoms with Crippen LogP contribution in [-0.2, 0) is 20.7 Å². The van der Waals surface area contributed by atoms with E-state index < -0.39 is 0 Å². The van der Waals surface area contributed by atoms with Crippen LogP contribution in [0.25, 0.3) is 0 Å². The molecule has 0 N–H and O–H groups in total. The van der Waals surface area contributed by atoms with Gasteiger partial charge in [-0.05, 0) is 49.3 Å². The van der Waals surface area contributed by atoms with Crippen LogP contribution in [0.4, 0.5) is 0 Å². The molecule has 0 radical (unpaired) electrons. The Kier molecular flexibility index (Phi) is 8.05. The van der Waals surface area contributed by atoms with Crippen molar-refractivity contribution in [1.29, 1.82) is 0 Å². The number of aryl methyl sites for hydroxylation is 1. The summed E-state index contributed by atoms with van der Waals surface area (Å²) >= 11 is 1.76. The van der Waals surface area contributed by atoms with Crippen molar-refractivity contribution in [3.63, 3.8) is 0 Å². The van der Waals surface area contributed by atoms with Crippen molar-refractivity contribution in [2.75, 3.05) is 32.8 Å². The second-order valence-electron chi connectivity index (χ2n) is 7.67. The first-order valence-electron chi connectivity index (χ1n) is 10.8. The van der Waals surface area contributed by atoms with Crippen LogP contribution in [-0.4, -0.2) is 54.5 Å². The minimum Gasteiger partial charge on any atom is -0.382 e. The molecule has 5 nitrogen and oxygen atoms in total. The summed E-state index contributed by atoms with van der Waals surface area (Å²) in [5.41, 5.74) is 3.54. The van der Waals surface area contributed by atoms with Crippen LogP contribution >= 0.6 is 11.3 Å². The maximum absolute atomic E-state index is 13.4. The number of carbonyl (C=O) groups excluding carboxylic acids is 2. The molecule has 2 amide bonds. The van der Waals surface area contributed by atoms with Gasteiger partial charge in [-0.1, -0.05) is 36.8 Å². The monoisotopic (exact) mass is 428 g/mol. The SMILES string of the molecule is CCOCCCN(CC(=O)N1CCc2sccc2[C@H]1c1ccc(C)cc1)C(=O)CC. The van der Waals surface area contributed by atoms with Crippen molar-refractivity contribution in [2.45, 2.75) is 46.1 Å². The van der Waals surface area contributed by atoms with Crippen molar-refractivity contribution >= 4 is 23.2 Å². The number of amides is 2. The Morgan fingerprint density at radius 3 is 2.67 bits per heavy atom. The zero-order chi connectivity index (χ0) is 21.5. The largest absolute Gasteiger partial charge is 0.382 e. The Bertz CT molecular complexity index is 846. The Balaban J connectivity index is 1.79. The fourth-order valence-electron chi connectivity index (χ4n) is 3.96. The van der Waals surface area contributed by atoms with Gasteiger partial charge in [0.15, 0.2) is 0 Å². The van der Waals surface area contributed by atoms with Gasteiger partial charge in [0.25, 0.3) is 0 Å². The summed E-state index contributed by atoms with van der Waals surface area (Å²) in [6, 6.07) is 10.5. The van der Waals surface area contributed by atoms with E-state index in [1.807, 2.05) is 18.7 Å². The third-order valence-electron chi connectivity index (χ3n) is 5.58. The van der Waals surface area contributed by atoms with Crippen molar-refractivity contribution < 1.29 is 14.3 Å². The molecule has 1 atom stereocenters. The smallest absolute Gasteiger partial charge is 0.242 e. The van der Waals surface area contributed by atoms with E-state index in [4.69, 9.17) is 4.74 Å². The summed E-state index contributed by atoms with van der Waals surface area (Å²) in [5, 5.41) is 2.11. The van der Waals surface area contributed by atoms with Gasteiger partial charge in [-0.15, -0.1) is 11.3 Å². The first-order chi connectivity index (χ1) is 14.5. The fraction of sp³-hybridized carbons (Fsp3) is 0.500. The summed E-state index contributed by atoms with van der Waals surface area (Å²) in [6.07, 6.45) is 2.01. The van der Waals surface area contributed by atoms with Crippen molar-refractivity contribution in [3.8, 4) is 0 Å². The third kappa shape index (κ3) is 5.29. The second kappa shape index (κ2) is 10.7. The molecular formula is C24H32N2O3S. The average Bonchev–Trinajstić information content (AvgIpc) is 3.24. The Morgan fingerprint density at radius 2 is 1.97 bits per heavy atom. The fourth-order valence-corrected chi connectivity index (χ4v) is 4.87. The highest BCUT2D eigenvalue weighted by Crippen LogP contribution is 2.37. The number of fused-ring (bicyclic) bond motifs is 1. The quantitative estimate of drug-likeness (QED) is 0.563. The molecule has 1 aromatic carbocycles. The highest BCUT2D eigenvalue weighted by atomic mass is 32.1. The average molecular weight is 429 g/mol. The second-order valence-corrected chi connectivity index (χ2v) is 8.67. The summed E-state index contributed by atoms with van der Waals surface area (Å²) in [6.45, 7) is 8.49. The third-order valence-corrected chi connectivity index (χ3v) is 6.58. The summed E-state index contributed by atoms with van der Waals surface area (Å²) in [5.74, 6) is 0.0237. The molecule has 1 aromatic heterocycles. The first kappa shape index (κ1) is 22.5. The zero-order valence-corrected chi connectivity index (χ0v) is 19.0. The number of hydrogen-bond donors (Lipinski definition) is 0. The Morgan fingerprint density at radius 1 is 1.20 bits per heavy atom. The lowest BCUT2D eigenvalue weighted by Gasteiger charge is -2.37. The van der Waals surface area contributed by atoms with Gasteiger partial charge >= 0.3 is 0 Å². The van der Waals surface area contributed by atoms with E-state index in [2.05, 4.69) is 42.6 Å². The zero-order valence-electron chi connectivity index (χ0n) is 18.2. The van der Waals surface area contributed by atoms with Crippen LogP contribution in [0, 0.1) is 6.92 Å². The van der Waals surface area contributed by atoms with Crippen molar-refractivity contribution in [2.24, 2.45) is 0 Å². The van der Waals surface area contributed by atoms with E-state index in [0.29, 0.717) is 32.7 Å². The van der Waals surface area contributed by atoms with Crippen LogP contribution < -0.4 is 0 Å². The molecule has 6 heteroatoms. The van der Waals surface area contributed by atoms with E-state index >= 15 is 0 Å². The van der Waals surface area contributed by atoms with Gasteiger partial charge in [0.2, 0.25) is 11.8 Å². The maximum Gasteiger partial charge on any atom is 0.242 e. The predicted molar refractivity (Wildman–Crippen MR) is 121 cm³/mol. The number of carbonyl (C=O) groups is 2. The molecule has 2 heterocycles. The Hall–Kier alpha value is -2.18. The van der Waals surface area contributed by atoms with Gasteiger partial charge in [0.1, 0.15) is 0 Å². The topological polar surface area (TPSA) is 49.9 Å². The molecule has 0 saturated heterocycles. The number of ether oxygens (including phenoxy) is 1. The lowest BCUT2D eigenvalue weighted by molar-refractivity contribution is -0.141. The normalized spacial score (nSPS) is 15.7. The molecule has 0 bridgehead atoms. The number of rotatable bonds is 9. The summed E-state index contributed by atoms with van der Waals surface area (Å²) in [7, 11) is 0. The minimum atomic E-state index is -0.0879. The van der Waals surface area contributed by atoms with Crippen LogP contribution in [0.1, 0.15) is 54.3 Å². The molecule has 0 unspecified atom stereocenters. The summed E-state index contributed by atoms with van der Waals surface area (Å²) < 4.78 is 5.40. The molecule has 1 aliphatic rings. The van der Waals surface area contributed by atoms with Crippen LogP contribution in [0.2, 0.25) is 0 Å². The molecule has 30 heavy (non-hydrogen) atoms. The number of nitrogens with zero attached hydrogens (tertiary/aromatic N) is 2. The molecule has 0 aliphatic carbocycles. The molecule has 0 saturated carbocycles. The van der Waals surface area contributed by atoms with Gasteiger partial charge in [-0.2, -0.15) is 0 Å². The number of hydrogen-bond acceptors (Lipinski definition) is 4. The van der Waals surface area contributed by atoms with E-state index in [1.165, 1.54) is 16.0 Å². The highest BCUT2D eigenvalue weighted by molar-refractivity contribution is 7.10. The maximum atomic E-state index is 13.4. The molecule has 0 fully saturated rings. The standard InChI is InChI=1S/C24H32N2O3S/c1-4-22(27)25(13-6-15-29-5-2)17-23(28)26-14-11-21-20(12-16-30-21)24(26)19-9-7-18(3)8-10-19/h7-10,12,16,24H,4-6,11,13-15,17H2,1-3H3/t24-/m1/s1. The van der Waals surface area contributed by atoms with Gasteiger partial charge in [0.05, 0.1) is 12.6 Å². The van der Waals surface area contributed by atoms with Crippen LogP contribution in [0.3, 0.4) is 0 Å².